The van der Waals surface area contributed by atoms with Crippen molar-refractivity contribution >= 4 is 29.6 Å². The largest absolute Gasteiger partial charge is 0.508 e. The van der Waals surface area contributed by atoms with Crippen LogP contribution in [0.25, 0.3) is 0 Å². The molecule has 4 rings (SSSR count). The average Bonchev–Trinajstić information content (AvgIpc) is 3.33. The molecule has 20 heteroatoms. The zero-order chi connectivity index (χ0) is 41.5. The first-order valence-electron chi connectivity index (χ1n) is 18.7. The maximum Gasteiger partial charge on any atom is 0.508 e. The molecule has 1 unspecified atom stereocenters. The monoisotopic (exact) mass is 799 g/mol. The Hall–Kier alpha value is -4.72. The van der Waals surface area contributed by atoms with Crippen LogP contribution < -0.4 is 5.32 Å². The molecule has 4 aliphatic carbocycles. The average molecular weight is 800 g/mol. The Balaban J connectivity index is 1.36. The van der Waals surface area contributed by atoms with E-state index in [2.05, 4.69) is 15.0 Å². The summed E-state index contributed by atoms with van der Waals surface area (Å²) in [5, 5.41) is 44.7. The Morgan fingerprint density at radius 3 is 2.29 bits per heavy atom. The first-order valence-corrected chi connectivity index (χ1v) is 18.7. The summed E-state index contributed by atoms with van der Waals surface area (Å²) in [6.45, 7) is 2.53. The van der Waals surface area contributed by atoms with Crippen LogP contribution in [0.4, 0.5) is 9.18 Å². The first kappa shape index (κ1) is 44.0. The van der Waals surface area contributed by atoms with Crippen molar-refractivity contribution in [2.75, 3.05) is 33.0 Å². The van der Waals surface area contributed by atoms with Crippen LogP contribution in [0.3, 0.4) is 0 Å². The molecule has 56 heavy (non-hydrogen) atoms. The van der Waals surface area contributed by atoms with Crippen molar-refractivity contribution in [3.63, 3.8) is 0 Å². The number of halogens is 1. The van der Waals surface area contributed by atoms with Crippen LogP contribution in [-0.4, -0.2) is 106 Å². The van der Waals surface area contributed by atoms with Crippen LogP contribution in [0.15, 0.2) is 23.8 Å². The second-order valence-corrected chi connectivity index (χ2v) is 15.4. The summed E-state index contributed by atoms with van der Waals surface area (Å²) in [6, 6.07) is -1.54. The molecule has 19 nitrogen and oxygen atoms in total. The lowest BCUT2D eigenvalue weighted by atomic mass is 9.45. The highest BCUT2D eigenvalue weighted by Crippen LogP contribution is 2.70. The maximum absolute atomic E-state index is 17.4. The van der Waals surface area contributed by atoms with Crippen LogP contribution >= 0.6 is 0 Å². The molecule has 0 aromatic rings. The van der Waals surface area contributed by atoms with Crippen molar-refractivity contribution in [3.8, 4) is 0 Å². The molecule has 3 N–H and O–H groups in total. The highest BCUT2D eigenvalue weighted by molar-refractivity contribution is 5.94. The van der Waals surface area contributed by atoms with E-state index in [1.165, 1.54) is 12.2 Å². The van der Waals surface area contributed by atoms with Gasteiger partial charge in [-0.1, -0.05) is 38.0 Å². The second kappa shape index (κ2) is 18.0. The van der Waals surface area contributed by atoms with E-state index in [0.717, 1.165) is 0 Å². The third kappa shape index (κ3) is 8.95. The Labute approximate surface area is 321 Å². The van der Waals surface area contributed by atoms with Crippen molar-refractivity contribution in [1.29, 1.82) is 0 Å². The summed E-state index contributed by atoms with van der Waals surface area (Å²) in [4.78, 5) is 93.0. The molecule has 0 aliphatic heterocycles. The molecule has 0 aromatic carbocycles. The van der Waals surface area contributed by atoms with Crippen LogP contribution in [-0.2, 0) is 43.1 Å². The van der Waals surface area contributed by atoms with Gasteiger partial charge in [0.25, 0.3) is 10.2 Å². The molecule has 2 fully saturated rings. The third-order valence-corrected chi connectivity index (χ3v) is 12.1. The zero-order valence-corrected chi connectivity index (χ0v) is 31.6. The number of rotatable bonds is 20. The van der Waals surface area contributed by atoms with Crippen molar-refractivity contribution in [2.45, 2.75) is 108 Å². The Morgan fingerprint density at radius 2 is 1.62 bits per heavy atom. The van der Waals surface area contributed by atoms with Crippen LogP contribution in [0, 0.1) is 48.8 Å². The number of amides is 1. The normalized spacial score (nSPS) is 32.0. The van der Waals surface area contributed by atoms with Gasteiger partial charge in [0.05, 0.1) is 25.9 Å². The number of hydrogen-bond acceptors (Lipinski definition) is 16. The Bertz CT molecular complexity index is 1610. The molecule has 0 saturated heterocycles. The van der Waals surface area contributed by atoms with Crippen LogP contribution in [0.2, 0.25) is 0 Å². The number of aliphatic hydroxyl groups excluding tert-OH is 1. The molecule has 0 radical (unpaired) electrons. The first-order chi connectivity index (χ1) is 26.3. The number of unbranched alkanes of at least 4 members (excludes halogenated alkanes) is 3. The number of aliphatic hydroxyl groups is 2. The maximum atomic E-state index is 17.4. The fraction of sp³-hybridized carbons (Fsp3) is 0.750. The van der Waals surface area contributed by atoms with Gasteiger partial charge in [-0.05, 0) is 69.8 Å². The number of nitrogens with one attached hydrogen (secondary N) is 1. The van der Waals surface area contributed by atoms with E-state index in [1.807, 2.05) is 6.08 Å². The number of carbonyl (C=O) groups excluding carboxylic acids is 5. The van der Waals surface area contributed by atoms with Gasteiger partial charge in [-0.3, -0.25) is 14.4 Å². The highest BCUT2D eigenvalue weighted by Gasteiger charge is 2.75. The summed E-state index contributed by atoms with van der Waals surface area (Å²) >= 11 is 0. The summed E-state index contributed by atoms with van der Waals surface area (Å²) in [5.41, 5.74) is -6.34. The van der Waals surface area contributed by atoms with E-state index in [9.17, 15) is 54.4 Å². The van der Waals surface area contributed by atoms with Crippen molar-refractivity contribution in [1.82, 2.24) is 5.32 Å². The fourth-order valence-electron chi connectivity index (χ4n) is 9.23. The number of allylic oxidation sites excluding steroid dienone is 4. The van der Waals surface area contributed by atoms with E-state index < -0.39 is 99.2 Å². The van der Waals surface area contributed by atoms with Gasteiger partial charge in [-0.25, -0.2) is 14.0 Å². The Kier molecular flexibility index (Phi) is 14.2. The number of nitrogens with zero attached hydrogens (tertiary/aromatic N) is 2. The predicted molar refractivity (Wildman–Crippen MR) is 187 cm³/mol. The molecule has 0 spiro atoms. The van der Waals surface area contributed by atoms with Gasteiger partial charge in [0.2, 0.25) is 11.7 Å². The molecule has 0 aromatic heterocycles. The molecular formula is C36H50FN3O16. The van der Waals surface area contributed by atoms with Crippen molar-refractivity contribution in [3.05, 3.63) is 44.0 Å². The highest BCUT2D eigenvalue weighted by atomic mass is 19.1. The smallest absolute Gasteiger partial charge is 0.464 e. The molecule has 4 aliphatic rings. The molecule has 312 valence electrons. The topological polar surface area (TPSA) is 270 Å². The van der Waals surface area contributed by atoms with Gasteiger partial charge in [0.15, 0.2) is 24.1 Å². The summed E-state index contributed by atoms with van der Waals surface area (Å²) in [5.74, 6) is -4.84. The molecule has 9 atom stereocenters. The summed E-state index contributed by atoms with van der Waals surface area (Å²) < 4.78 is 32.7. The molecule has 0 bridgehead atoms. The Morgan fingerprint density at radius 1 is 0.982 bits per heavy atom. The number of Topliss-reactive ketones (excluding diaryl/α,β-unsaturated/α-hetero) is 1. The number of esters is 1. The fourth-order valence-corrected chi connectivity index (χ4v) is 9.23. The number of ketones is 2. The lowest BCUT2D eigenvalue weighted by Gasteiger charge is -2.62. The van der Waals surface area contributed by atoms with Gasteiger partial charge >= 0.3 is 12.1 Å². The number of ether oxygens (including phenoxy) is 3. The third-order valence-electron chi connectivity index (χ3n) is 12.1. The standard InChI is InChI=1S/C36H50FN3O16/c1-22-17-26-25-11-10-23-18-24(41)12-13-33(23,2)35(25,37)28(42)19-34(26,3)36(22,47)29(43)21-54-32(46)53-20-27(31(45)52-14-7-8-16-56-40(50)51)38-30(44)9-5-4-6-15-55-39(48)49/h10,12-13,22,25-28,42,47H,4-9,11,14-21H2,1-3H3,(H,38,44)/t22-,25+,26+,27?,28+,33+,34+,35+,36+/m1/s1. The minimum absolute atomic E-state index is 0.0375. The SMILES string of the molecule is C[C@@H]1C[C@H]2[C@@H]3CC=C4CC(=O)C=C[C@]4(C)[C@@]3(F)[C@@H](O)C[C@]2(C)[C@@]1(O)C(=O)COC(=O)OCC(NC(=O)CCCCCO[N+](=O)[O-])C(=O)OCCCCO[N+](=O)[O-]. The number of alkyl halides is 1. The minimum atomic E-state index is -2.18. The van der Waals surface area contributed by atoms with Gasteiger partial charge in [-0.15, -0.1) is 20.2 Å². The van der Waals surface area contributed by atoms with Gasteiger partial charge in [0, 0.05) is 29.6 Å². The lowest BCUT2D eigenvalue weighted by molar-refractivity contribution is -0.757. The van der Waals surface area contributed by atoms with E-state index in [4.69, 9.17) is 14.2 Å². The minimum Gasteiger partial charge on any atom is -0.464 e. The van der Waals surface area contributed by atoms with E-state index >= 15 is 4.39 Å². The quantitative estimate of drug-likeness (QED) is 0.0525. The molecule has 1 amide bonds. The van der Waals surface area contributed by atoms with E-state index in [1.54, 1.807) is 20.8 Å². The van der Waals surface area contributed by atoms with Gasteiger partial charge in [0.1, 0.15) is 12.2 Å². The molecular weight excluding hydrogens is 749 g/mol. The lowest BCUT2D eigenvalue weighted by Crippen LogP contribution is -2.69. The van der Waals surface area contributed by atoms with Gasteiger partial charge in [-0.2, -0.15) is 0 Å². The van der Waals surface area contributed by atoms with Crippen molar-refractivity contribution < 1.29 is 72.6 Å². The van der Waals surface area contributed by atoms with Crippen LogP contribution in [0.5, 0.6) is 0 Å². The van der Waals surface area contributed by atoms with E-state index in [-0.39, 0.29) is 83.4 Å². The van der Waals surface area contributed by atoms with Crippen LogP contribution in [0.1, 0.15) is 85.0 Å². The molecule has 0 heterocycles. The zero-order valence-electron chi connectivity index (χ0n) is 31.6. The number of carbonyl (C=O) groups is 5. The predicted octanol–water partition coefficient (Wildman–Crippen LogP) is 2.84. The number of fused-ring (bicyclic) bond motifs is 5. The summed E-state index contributed by atoms with van der Waals surface area (Å²) in [6.07, 6.45) is 2.96. The van der Waals surface area contributed by atoms with Crippen molar-refractivity contribution in [2.24, 2.45) is 28.6 Å². The number of hydrogen-bond donors (Lipinski definition) is 3. The second-order valence-electron chi connectivity index (χ2n) is 15.4. The summed E-state index contributed by atoms with van der Waals surface area (Å²) in [7, 11) is 0. The van der Waals surface area contributed by atoms with Gasteiger partial charge < -0.3 is 39.4 Å². The van der Waals surface area contributed by atoms with E-state index in [0.29, 0.717) is 12.0 Å². The molecule has 2 saturated carbocycles.